The summed E-state index contributed by atoms with van der Waals surface area (Å²) in [6.45, 7) is 10.5. The Balaban J connectivity index is 0.000000260. The molecule has 0 N–H and O–H groups in total. The van der Waals surface area contributed by atoms with Gasteiger partial charge < -0.3 is 19.6 Å². The van der Waals surface area contributed by atoms with Gasteiger partial charge in [-0.05, 0) is 86.4 Å². The SMILES string of the molecule is CCCCCCC/C=C/C(=O)N1CCN(c2ccc(F)cc2)CC1.CCCCCCC/C=C/C(=O)N1CCN(c2ccc(F)cc2)CC1. The number of amides is 2. The van der Waals surface area contributed by atoms with E-state index in [0.29, 0.717) is 0 Å². The summed E-state index contributed by atoms with van der Waals surface area (Å²) in [5.74, 6) is -0.204. The molecule has 2 fully saturated rings. The summed E-state index contributed by atoms with van der Waals surface area (Å²) in [5, 5.41) is 0. The minimum absolute atomic E-state index is 0.113. The highest BCUT2D eigenvalue weighted by molar-refractivity contribution is 5.88. The summed E-state index contributed by atoms with van der Waals surface area (Å²) in [4.78, 5) is 32.6. The average molecular weight is 665 g/mol. The van der Waals surface area contributed by atoms with Gasteiger partial charge in [0, 0.05) is 63.7 Å². The van der Waals surface area contributed by atoms with Crippen molar-refractivity contribution in [2.24, 2.45) is 0 Å². The van der Waals surface area contributed by atoms with E-state index in [2.05, 4.69) is 23.6 Å². The van der Waals surface area contributed by atoms with Gasteiger partial charge in [-0.15, -0.1) is 0 Å². The molecule has 4 rings (SSSR count). The highest BCUT2D eigenvalue weighted by Crippen LogP contribution is 2.18. The van der Waals surface area contributed by atoms with E-state index in [1.54, 1.807) is 36.4 Å². The Morgan fingerprint density at radius 2 is 0.854 bits per heavy atom. The summed E-state index contributed by atoms with van der Waals surface area (Å²) in [6, 6.07) is 13.1. The van der Waals surface area contributed by atoms with E-state index in [0.717, 1.165) is 76.6 Å². The van der Waals surface area contributed by atoms with Gasteiger partial charge in [0.1, 0.15) is 11.6 Å². The van der Waals surface area contributed by atoms with Crippen molar-refractivity contribution in [1.82, 2.24) is 9.80 Å². The first-order chi connectivity index (χ1) is 23.4. The van der Waals surface area contributed by atoms with Gasteiger partial charge in [0.15, 0.2) is 0 Å². The quantitative estimate of drug-likeness (QED) is 0.133. The number of hydrogen-bond acceptors (Lipinski definition) is 4. The summed E-state index contributed by atoms with van der Waals surface area (Å²) in [5.41, 5.74) is 2.04. The Kier molecular flexibility index (Phi) is 18.4. The second kappa shape index (κ2) is 22.8. The first-order valence-corrected chi connectivity index (χ1v) is 18.3. The van der Waals surface area contributed by atoms with E-state index in [-0.39, 0.29) is 23.4 Å². The third kappa shape index (κ3) is 14.6. The second-order valence-corrected chi connectivity index (χ2v) is 12.8. The molecule has 8 heteroatoms. The maximum absolute atomic E-state index is 13.0. The fourth-order valence-corrected chi connectivity index (χ4v) is 5.98. The molecule has 0 spiro atoms. The first-order valence-electron chi connectivity index (χ1n) is 18.3. The molecule has 0 atom stereocenters. The molecular formula is C40H58F2N4O2. The lowest BCUT2D eigenvalue weighted by Gasteiger charge is -2.35. The van der Waals surface area contributed by atoms with E-state index in [9.17, 15) is 18.4 Å². The highest BCUT2D eigenvalue weighted by Gasteiger charge is 2.21. The van der Waals surface area contributed by atoms with Crippen LogP contribution in [0.15, 0.2) is 72.8 Å². The number of carbonyl (C=O) groups is 2. The zero-order valence-electron chi connectivity index (χ0n) is 29.4. The van der Waals surface area contributed by atoms with Crippen LogP contribution < -0.4 is 9.80 Å². The molecule has 264 valence electrons. The van der Waals surface area contributed by atoms with Crippen molar-refractivity contribution in [2.75, 3.05) is 62.2 Å². The van der Waals surface area contributed by atoms with Crippen LogP contribution in [0.1, 0.15) is 90.9 Å². The number of nitrogens with zero attached hydrogens (tertiary/aromatic N) is 4. The molecule has 0 radical (unpaired) electrons. The van der Waals surface area contributed by atoms with Crippen molar-refractivity contribution < 1.29 is 18.4 Å². The number of hydrogen-bond donors (Lipinski definition) is 0. The lowest BCUT2D eigenvalue weighted by atomic mass is 10.1. The molecule has 2 aliphatic heterocycles. The third-order valence-electron chi connectivity index (χ3n) is 9.04. The molecule has 2 aromatic carbocycles. The summed E-state index contributed by atoms with van der Waals surface area (Å²) in [6.07, 6.45) is 22.0. The molecule has 0 unspecified atom stereocenters. The van der Waals surface area contributed by atoms with E-state index < -0.39 is 0 Å². The molecule has 6 nitrogen and oxygen atoms in total. The topological polar surface area (TPSA) is 47.1 Å². The molecular weight excluding hydrogens is 606 g/mol. The van der Waals surface area contributed by atoms with Crippen molar-refractivity contribution >= 4 is 23.2 Å². The van der Waals surface area contributed by atoms with Crippen molar-refractivity contribution in [2.45, 2.75) is 90.9 Å². The molecule has 0 aliphatic carbocycles. The Morgan fingerprint density at radius 3 is 1.19 bits per heavy atom. The van der Waals surface area contributed by atoms with Crippen LogP contribution in [0.4, 0.5) is 20.2 Å². The molecule has 48 heavy (non-hydrogen) atoms. The first kappa shape index (κ1) is 38.8. The van der Waals surface area contributed by atoms with E-state index in [4.69, 9.17) is 0 Å². The van der Waals surface area contributed by atoms with Gasteiger partial charge in [-0.25, -0.2) is 8.78 Å². The molecule has 2 saturated heterocycles. The smallest absolute Gasteiger partial charge is 0.246 e. The third-order valence-corrected chi connectivity index (χ3v) is 9.04. The summed E-state index contributed by atoms with van der Waals surface area (Å²) < 4.78 is 26.0. The lowest BCUT2D eigenvalue weighted by molar-refractivity contribution is -0.127. The molecule has 2 amide bonds. The maximum Gasteiger partial charge on any atom is 0.246 e. The minimum Gasteiger partial charge on any atom is -0.368 e. The molecule has 2 aromatic rings. The van der Waals surface area contributed by atoms with Gasteiger partial charge in [-0.1, -0.05) is 77.4 Å². The Hall–Kier alpha value is -3.68. The minimum atomic E-state index is -0.215. The van der Waals surface area contributed by atoms with Crippen molar-refractivity contribution in [1.29, 1.82) is 0 Å². The monoisotopic (exact) mass is 664 g/mol. The van der Waals surface area contributed by atoms with E-state index in [1.165, 1.54) is 88.5 Å². The Morgan fingerprint density at radius 1 is 0.521 bits per heavy atom. The summed E-state index contributed by atoms with van der Waals surface area (Å²) in [7, 11) is 0. The predicted molar refractivity (Wildman–Crippen MR) is 195 cm³/mol. The van der Waals surface area contributed by atoms with Gasteiger partial charge in [0.25, 0.3) is 0 Å². The van der Waals surface area contributed by atoms with Crippen molar-refractivity contribution in [3.05, 3.63) is 84.5 Å². The molecule has 2 aliphatic rings. The number of anilines is 2. The number of allylic oxidation sites excluding steroid dienone is 2. The number of rotatable bonds is 16. The van der Waals surface area contributed by atoms with Crippen LogP contribution in [0.25, 0.3) is 0 Å². The fourth-order valence-electron chi connectivity index (χ4n) is 5.98. The Labute approximate surface area is 288 Å². The zero-order chi connectivity index (χ0) is 34.4. The largest absolute Gasteiger partial charge is 0.368 e. The Bertz CT molecular complexity index is 1140. The average Bonchev–Trinajstić information content (AvgIpc) is 3.12. The standard InChI is InChI=1S/2C20H29FN2O/c2*1-2-3-4-5-6-7-8-9-20(24)23-16-14-22(15-17-23)19-12-10-18(21)11-13-19/h2*8-13H,2-7,14-17H2,1H3/b2*9-8+. The molecule has 0 aromatic heterocycles. The number of halogens is 2. The molecule has 0 saturated carbocycles. The van der Waals surface area contributed by atoms with Crippen LogP contribution in [0.3, 0.4) is 0 Å². The zero-order valence-corrected chi connectivity index (χ0v) is 29.4. The van der Waals surface area contributed by atoms with Gasteiger partial charge in [-0.2, -0.15) is 0 Å². The van der Waals surface area contributed by atoms with E-state index in [1.807, 2.05) is 22.0 Å². The van der Waals surface area contributed by atoms with Gasteiger partial charge in [-0.3, -0.25) is 9.59 Å². The van der Waals surface area contributed by atoms with Crippen molar-refractivity contribution in [3.63, 3.8) is 0 Å². The van der Waals surface area contributed by atoms with Crippen LogP contribution >= 0.6 is 0 Å². The second-order valence-electron chi connectivity index (χ2n) is 12.8. The number of benzene rings is 2. The highest BCUT2D eigenvalue weighted by atomic mass is 19.1. The van der Waals surface area contributed by atoms with Crippen LogP contribution in [0.2, 0.25) is 0 Å². The van der Waals surface area contributed by atoms with Crippen LogP contribution in [-0.4, -0.2) is 74.0 Å². The predicted octanol–water partition coefficient (Wildman–Crippen LogP) is 8.78. The maximum atomic E-state index is 13.0. The van der Waals surface area contributed by atoms with Gasteiger partial charge >= 0.3 is 0 Å². The van der Waals surface area contributed by atoms with E-state index >= 15 is 0 Å². The van der Waals surface area contributed by atoms with Gasteiger partial charge in [0.2, 0.25) is 11.8 Å². The molecule has 0 bridgehead atoms. The number of unbranched alkanes of at least 4 members (excludes halogenated alkanes) is 10. The van der Waals surface area contributed by atoms with Crippen LogP contribution in [0.5, 0.6) is 0 Å². The number of carbonyl (C=O) groups excluding carboxylic acids is 2. The van der Waals surface area contributed by atoms with Crippen LogP contribution in [0, 0.1) is 11.6 Å². The number of piperazine rings is 2. The van der Waals surface area contributed by atoms with Gasteiger partial charge in [0.05, 0.1) is 0 Å². The summed E-state index contributed by atoms with van der Waals surface area (Å²) >= 11 is 0. The molecule has 2 heterocycles. The lowest BCUT2D eigenvalue weighted by Crippen LogP contribution is -2.48. The fraction of sp³-hybridized carbons (Fsp3) is 0.550. The van der Waals surface area contributed by atoms with Crippen molar-refractivity contribution in [3.8, 4) is 0 Å². The van der Waals surface area contributed by atoms with Crippen LogP contribution in [-0.2, 0) is 9.59 Å². The normalized spacial score (nSPS) is 15.2.